The normalized spacial score (nSPS) is 16.9. The second kappa shape index (κ2) is 9.28. The van der Waals surface area contributed by atoms with Gasteiger partial charge in [-0.25, -0.2) is 0 Å². The average Bonchev–Trinajstić information content (AvgIpc) is 3.62. The zero-order valence-corrected chi connectivity index (χ0v) is 17.5. The molecule has 1 aromatic carbocycles. The van der Waals surface area contributed by atoms with E-state index >= 15 is 0 Å². The van der Waals surface area contributed by atoms with Gasteiger partial charge >= 0.3 is 0 Å². The van der Waals surface area contributed by atoms with Crippen molar-refractivity contribution in [1.29, 1.82) is 0 Å². The number of piperidine rings is 1. The molecule has 1 N–H and O–H groups in total. The van der Waals surface area contributed by atoms with E-state index < -0.39 is 0 Å². The average molecular weight is 408 g/mol. The molecule has 0 atom stereocenters. The molecular formula is C24H29N3O3. The van der Waals surface area contributed by atoms with Crippen LogP contribution in [0.1, 0.15) is 53.3 Å². The van der Waals surface area contributed by atoms with Gasteiger partial charge in [-0.05, 0) is 56.9 Å². The highest BCUT2D eigenvalue weighted by molar-refractivity contribution is 5.95. The Morgan fingerprint density at radius 1 is 1.07 bits per heavy atom. The number of para-hydroxylation sites is 1. The zero-order valence-electron chi connectivity index (χ0n) is 17.5. The van der Waals surface area contributed by atoms with E-state index in [4.69, 9.17) is 9.72 Å². The van der Waals surface area contributed by atoms with Gasteiger partial charge < -0.3 is 15.0 Å². The smallest absolute Gasteiger partial charge is 0.253 e. The molecule has 158 valence electrons. The van der Waals surface area contributed by atoms with E-state index in [2.05, 4.69) is 5.32 Å². The van der Waals surface area contributed by atoms with Gasteiger partial charge in [0, 0.05) is 30.6 Å². The van der Waals surface area contributed by atoms with Crippen molar-refractivity contribution < 1.29 is 14.3 Å². The van der Waals surface area contributed by atoms with Gasteiger partial charge in [-0.15, -0.1) is 0 Å². The molecule has 2 aliphatic rings. The summed E-state index contributed by atoms with van der Waals surface area (Å²) >= 11 is 0. The number of aromatic nitrogens is 1. The number of hydrogen-bond donors (Lipinski definition) is 1. The van der Waals surface area contributed by atoms with E-state index in [9.17, 15) is 9.59 Å². The van der Waals surface area contributed by atoms with Gasteiger partial charge in [-0.2, -0.15) is 0 Å². The van der Waals surface area contributed by atoms with Crippen LogP contribution in [0, 0.1) is 12.8 Å². The molecule has 2 amide bonds. The van der Waals surface area contributed by atoms with Crippen LogP contribution >= 0.6 is 0 Å². The minimum atomic E-state index is -0.120. The van der Waals surface area contributed by atoms with Gasteiger partial charge in [0.25, 0.3) is 5.91 Å². The van der Waals surface area contributed by atoms with E-state index in [0.29, 0.717) is 24.6 Å². The van der Waals surface area contributed by atoms with Crippen LogP contribution < -0.4 is 10.1 Å². The van der Waals surface area contributed by atoms with Crippen molar-refractivity contribution in [3.05, 3.63) is 59.4 Å². The number of nitrogens with one attached hydrogen (secondary N) is 1. The Hall–Kier alpha value is -2.89. The molecule has 6 heteroatoms. The van der Waals surface area contributed by atoms with Gasteiger partial charge in [0.2, 0.25) is 5.91 Å². The van der Waals surface area contributed by atoms with Crippen LogP contribution in [0.4, 0.5) is 0 Å². The summed E-state index contributed by atoms with van der Waals surface area (Å²) in [6.07, 6.45) is 3.78. The molecule has 0 unspecified atom stereocenters. The van der Waals surface area contributed by atoms with E-state index in [1.54, 1.807) is 0 Å². The second-order valence-corrected chi connectivity index (χ2v) is 8.18. The number of ether oxygens (including phenoxy) is 1. The molecule has 0 spiro atoms. The Labute approximate surface area is 177 Å². The zero-order chi connectivity index (χ0) is 20.9. The summed E-state index contributed by atoms with van der Waals surface area (Å²) in [5.41, 5.74) is 2.40. The van der Waals surface area contributed by atoms with Crippen molar-refractivity contribution in [2.45, 2.75) is 38.5 Å². The maximum Gasteiger partial charge on any atom is 0.253 e. The molecule has 1 aromatic heterocycles. The van der Waals surface area contributed by atoms with Gasteiger partial charge in [0.15, 0.2) is 0 Å². The summed E-state index contributed by atoms with van der Waals surface area (Å²) in [4.78, 5) is 31.9. The standard InChI is InChI=1S/C24H29N3O3/c1-17-7-10-21(23(28)25-13-16-30-20-5-3-2-4-6-20)22(26-17)18-11-14-27(15-12-18)24(29)19-8-9-19/h2-7,10,18-19H,8-9,11-16H2,1H3,(H,25,28). The third-order valence-corrected chi connectivity index (χ3v) is 5.83. The highest BCUT2D eigenvalue weighted by atomic mass is 16.5. The van der Waals surface area contributed by atoms with E-state index in [0.717, 1.165) is 55.9 Å². The Morgan fingerprint density at radius 3 is 2.50 bits per heavy atom. The predicted octanol–water partition coefficient (Wildman–Crippen LogP) is 3.31. The van der Waals surface area contributed by atoms with Crippen LogP contribution in [0.25, 0.3) is 0 Å². The lowest BCUT2D eigenvalue weighted by molar-refractivity contribution is -0.133. The van der Waals surface area contributed by atoms with E-state index in [-0.39, 0.29) is 17.7 Å². The molecule has 1 aliphatic carbocycles. The molecule has 30 heavy (non-hydrogen) atoms. The van der Waals surface area contributed by atoms with Gasteiger partial charge in [-0.1, -0.05) is 18.2 Å². The summed E-state index contributed by atoms with van der Waals surface area (Å²) in [5.74, 6) is 1.44. The Morgan fingerprint density at radius 2 is 1.80 bits per heavy atom. The monoisotopic (exact) mass is 407 g/mol. The highest BCUT2D eigenvalue weighted by Crippen LogP contribution is 2.34. The third-order valence-electron chi connectivity index (χ3n) is 5.83. The third kappa shape index (κ3) is 4.99. The van der Waals surface area contributed by atoms with Crippen molar-refractivity contribution in [2.24, 2.45) is 5.92 Å². The van der Waals surface area contributed by atoms with Crippen molar-refractivity contribution in [3.63, 3.8) is 0 Å². The molecule has 2 fully saturated rings. The van der Waals surface area contributed by atoms with Crippen LogP contribution in [0.3, 0.4) is 0 Å². The Bertz CT molecular complexity index is 888. The molecule has 1 saturated carbocycles. The number of aryl methyl sites for hydroxylation is 1. The minimum absolute atomic E-state index is 0.120. The van der Waals surface area contributed by atoms with E-state index in [1.807, 2.05) is 54.3 Å². The summed E-state index contributed by atoms with van der Waals surface area (Å²) in [6.45, 7) is 4.29. The summed E-state index contributed by atoms with van der Waals surface area (Å²) in [7, 11) is 0. The number of carbonyl (C=O) groups is 2. The first-order valence-electron chi connectivity index (χ1n) is 10.8. The number of nitrogens with zero attached hydrogens (tertiary/aromatic N) is 2. The maximum absolute atomic E-state index is 12.8. The van der Waals surface area contributed by atoms with Crippen molar-refractivity contribution in [1.82, 2.24) is 15.2 Å². The first kappa shape index (κ1) is 20.4. The SMILES string of the molecule is Cc1ccc(C(=O)NCCOc2ccccc2)c(C2CCN(C(=O)C3CC3)CC2)n1. The van der Waals surface area contributed by atoms with Crippen molar-refractivity contribution >= 4 is 11.8 Å². The molecular weight excluding hydrogens is 378 g/mol. The topological polar surface area (TPSA) is 71.5 Å². The van der Waals surface area contributed by atoms with Gasteiger partial charge in [-0.3, -0.25) is 14.6 Å². The Balaban J connectivity index is 1.34. The summed E-state index contributed by atoms with van der Waals surface area (Å²) in [5, 5.41) is 2.95. The molecule has 2 aromatic rings. The highest BCUT2D eigenvalue weighted by Gasteiger charge is 2.35. The number of carbonyl (C=O) groups excluding carboxylic acids is 2. The predicted molar refractivity (Wildman–Crippen MR) is 115 cm³/mol. The molecule has 1 saturated heterocycles. The van der Waals surface area contributed by atoms with E-state index in [1.165, 1.54) is 0 Å². The van der Waals surface area contributed by atoms with Crippen LogP contribution in [0.5, 0.6) is 5.75 Å². The second-order valence-electron chi connectivity index (χ2n) is 8.18. The Kier molecular flexibility index (Phi) is 6.31. The number of amides is 2. The molecule has 4 rings (SSSR count). The molecule has 0 radical (unpaired) electrons. The maximum atomic E-state index is 12.8. The lowest BCUT2D eigenvalue weighted by Gasteiger charge is -2.32. The number of pyridine rings is 1. The lowest BCUT2D eigenvalue weighted by atomic mass is 9.89. The van der Waals surface area contributed by atoms with Crippen LogP contribution in [0.15, 0.2) is 42.5 Å². The summed E-state index contributed by atoms with van der Waals surface area (Å²) in [6, 6.07) is 13.3. The van der Waals surface area contributed by atoms with Crippen LogP contribution in [0.2, 0.25) is 0 Å². The first-order chi connectivity index (χ1) is 14.6. The number of rotatable bonds is 7. The van der Waals surface area contributed by atoms with Crippen molar-refractivity contribution in [3.8, 4) is 5.75 Å². The molecule has 0 bridgehead atoms. The number of hydrogen-bond acceptors (Lipinski definition) is 4. The number of likely N-dealkylation sites (tertiary alicyclic amines) is 1. The first-order valence-corrected chi connectivity index (χ1v) is 10.8. The lowest BCUT2D eigenvalue weighted by Crippen LogP contribution is -2.39. The summed E-state index contributed by atoms with van der Waals surface area (Å²) < 4.78 is 5.65. The molecule has 1 aliphatic heterocycles. The van der Waals surface area contributed by atoms with Crippen molar-refractivity contribution in [2.75, 3.05) is 26.2 Å². The van der Waals surface area contributed by atoms with Gasteiger partial charge in [0.1, 0.15) is 12.4 Å². The fourth-order valence-electron chi connectivity index (χ4n) is 3.99. The van der Waals surface area contributed by atoms with Crippen LogP contribution in [-0.4, -0.2) is 47.9 Å². The largest absolute Gasteiger partial charge is 0.492 e. The fourth-order valence-corrected chi connectivity index (χ4v) is 3.99. The molecule has 6 nitrogen and oxygen atoms in total. The quantitative estimate of drug-likeness (QED) is 0.715. The minimum Gasteiger partial charge on any atom is -0.492 e. The molecule has 2 heterocycles. The number of benzene rings is 1. The fraction of sp³-hybridized carbons (Fsp3) is 0.458. The van der Waals surface area contributed by atoms with Crippen LogP contribution in [-0.2, 0) is 4.79 Å². The van der Waals surface area contributed by atoms with Gasteiger partial charge in [0.05, 0.1) is 17.8 Å².